The lowest BCUT2D eigenvalue weighted by Gasteiger charge is -2.07. The normalized spacial score (nSPS) is 11.1. The molecule has 5 aromatic rings. The summed E-state index contributed by atoms with van der Waals surface area (Å²) in [6.07, 6.45) is 0. The summed E-state index contributed by atoms with van der Waals surface area (Å²) < 4.78 is 10.8. The minimum atomic E-state index is -1.38. The molecule has 3 amide bonds. The number of methoxy groups -OCH3 is 1. The summed E-state index contributed by atoms with van der Waals surface area (Å²) in [4.78, 5) is 65.6. The quantitative estimate of drug-likeness (QED) is 0.151. The average molecular weight is 620 g/mol. The summed E-state index contributed by atoms with van der Waals surface area (Å²) in [5.41, 5.74) is 17.6. The Morgan fingerprint density at radius 1 is 1.04 bits per heavy atom. The van der Waals surface area contributed by atoms with Crippen LogP contribution >= 0.6 is 0 Å². The molecule has 3 aromatic heterocycles. The number of fused-ring (bicyclic) bond motifs is 2. The molecular weight excluding hydrogens is 590 g/mol. The second-order valence-corrected chi connectivity index (χ2v) is 9.08. The molecule has 0 saturated carbocycles. The highest BCUT2D eigenvalue weighted by atomic mass is 16.5. The van der Waals surface area contributed by atoms with Gasteiger partial charge in [0.05, 0.1) is 12.7 Å². The van der Waals surface area contributed by atoms with Crippen LogP contribution in [0.4, 0.5) is 0 Å². The number of aromatic nitrogens is 5. The van der Waals surface area contributed by atoms with Gasteiger partial charge in [-0.1, -0.05) is 30.8 Å². The number of carbonyl (C=O) groups is 5. The topological polar surface area (TPSA) is 274 Å². The van der Waals surface area contributed by atoms with E-state index in [-0.39, 0.29) is 36.7 Å². The molecule has 0 bridgehead atoms. The molecule has 0 aliphatic rings. The summed E-state index contributed by atoms with van der Waals surface area (Å²) in [7, 11) is 1.30. The minimum absolute atomic E-state index is 0. The monoisotopic (exact) mass is 619 g/mol. The highest BCUT2D eigenvalue weighted by Gasteiger charge is 2.22. The Bertz CT molecular complexity index is 1910. The van der Waals surface area contributed by atoms with Crippen LogP contribution in [0.5, 0.6) is 0 Å². The van der Waals surface area contributed by atoms with Gasteiger partial charge >= 0.3 is 11.9 Å². The van der Waals surface area contributed by atoms with Crippen LogP contribution in [0.25, 0.3) is 16.7 Å². The van der Waals surface area contributed by atoms with Gasteiger partial charge in [0.25, 0.3) is 11.8 Å². The van der Waals surface area contributed by atoms with E-state index < -0.39 is 35.7 Å². The third-order valence-corrected chi connectivity index (χ3v) is 6.07. The lowest BCUT2D eigenvalue weighted by molar-refractivity contribution is -0.119. The number of carbonyl (C=O) groups excluding carboxylic acids is 4. The number of ether oxygens (including phenoxy) is 1. The van der Waals surface area contributed by atoms with Crippen molar-refractivity contribution in [1.82, 2.24) is 30.1 Å². The zero-order valence-electron chi connectivity index (χ0n) is 23.2. The molecule has 0 aliphatic carbocycles. The molecule has 8 N–H and O–H groups in total. The van der Waals surface area contributed by atoms with Crippen molar-refractivity contribution in [3.05, 3.63) is 88.2 Å². The molecule has 3 heterocycles. The Kier molecular flexibility index (Phi) is 10.2. The fourth-order valence-electron chi connectivity index (χ4n) is 3.88. The number of carboxylic acids is 1. The summed E-state index contributed by atoms with van der Waals surface area (Å²) in [5, 5.41) is 19.1. The van der Waals surface area contributed by atoms with E-state index in [2.05, 4.69) is 30.3 Å². The van der Waals surface area contributed by atoms with Gasteiger partial charge in [-0.3, -0.25) is 14.4 Å². The van der Waals surface area contributed by atoms with E-state index >= 15 is 0 Å². The first-order valence-electron chi connectivity index (χ1n) is 12.6. The molecular formula is C28H29N9O8. The van der Waals surface area contributed by atoms with E-state index in [0.717, 1.165) is 16.1 Å². The van der Waals surface area contributed by atoms with E-state index in [0.29, 0.717) is 28.1 Å². The van der Waals surface area contributed by atoms with E-state index in [9.17, 15) is 29.1 Å². The van der Waals surface area contributed by atoms with Crippen molar-refractivity contribution in [2.45, 2.75) is 26.9 Å². The Labute approximate surface area is 254 Å². The fraction of sp³-hybridized carbons (Fsp3) is 0.179. The number of hydrogen-bond donors (Lipinski definition) is 5. The number of rotatable bonds is 8. The first-order chi connectivity index (χ1) is 20.9. The van der Waals surface area contributed by atoms with Gasteiger partial charge in [0, 0.05) is 19.5 Å². The summed E-state index contributed by atoms with van der Waals surface area (Å²) >= 11 is 0. The molecule has 45 heavy (non-hydrogen) atoms. The lowest BCUT2D eigenvalue weighted by Crippen LogP contribution is -2.28. The second-order valence-electron chi connectivity index (χ2n) is 9.08. The van der Waals surface area contributed by atoms with Crippen LogP contribution in [0.1, 0.15) is 72.3 Å². The average Bonchev–Trinajstić information content (AvgIpc) is 3.61. The first-order valence-corrected chi connectivity index (χ1v) is 12.6. The molecule has 0 unspecified atom stereocenters. The standard InChI is InChI=1S/C17H13N7O5.C10H12N2O3.CH4/c1-7-20-9-4-8(2-3-12(9)29-7)6-19-16(26)10-5-11(17(27)28)24-15(21-10)13(14(18)25)22-23-24;1-15-10(14)7-4-2-6(3-5-7)8(11)9(12)13;/h2-5H,6H2,1H3,(H2,18,25)(H,19,26)(H,27,28);2-5,8H,11H2,1H3,(H2,12,13);1H4/t;8-;/m.1./s1. The predicted octanol–water partition coefficient (Wildman–Crippen LogP) is 0.895. The number of oxazole rings is 1. The van der Waals surface area contributed by atoms with Crippen molar-refractivity contribution in [3.8, 4) is 0 Å². The molecule has 0 spiro atoms. The van der Waals surface area contributed by atoms with Crippen molar-refractivity contribution in [2.24, 2.45) is 17.2 Å². The SMILES string of the molecule is C.COC(=O)c1ccc([C@@H](N)C(N)=O)cc1.Cc1nc2cc(CNC(=O)c3cc(C(=O)O)n4nnc(C(N)=O)c4n3)ccc2o1. The van der Waals surface area contributed by atoms with Crippen molar-refractivity contribution in [1.29, 1.82) is 0 Å². The zero-order valence-corrected chi connectivity index (χ0v) is 23.2. The second kappa shape index (κ2) is 13.8. The molecule has 234 valence electrons. The molecule has 2 aromatic carbocycles. The largest absolute Gasteiger partial charge is 0.477 e. The number of primary amides is 2. The molecule has 0 fully saturated rings. The van der Waals surface area contributed by atoms with Gasteiger partial charge in [-0.25, -0.2) is 19.6 Å². The Balaban J connectivity index is 0.000000294. The molecule has 17 heteroatoms. The van der Waals surface area contributed by atoms with Gasteiger partial charge in [0.2, 0.25) is 5.91 Å². The van der Waals surface area contributed by atoms with E-state index in [1.807, 2.05) is 0 Å². The Morgan fingerprint density at radius 3 is 2.33 bits per heavy atom. The van der Waals surface area contributed by atoms with Crippen LogP contribution in [0, 0.1) is 6.92 Å². The van der Waals surface area contributed by atoms with Gasteiger partial charge in [0.1, 0.15) is 17.3 Å². The van der Waals surface area contributed by atoms with Crippen LogP contribution in [-0.2, 0) is 16.1 Å². The molecule has 0 saturated heterocycles. The number of carboxylic acid groups (broad SMARTS) is 1. The van der Waals surface area contributed by atoms with Crippen molar-refractivity contribution < 1.29 is 38.2 Å². The molecule has 5 rings (SSSR count). The third kappa shape index (κ3) is 7.41. The third-order valence-electron chi connectivity index (χ3n) is 6.07. The van der Waals surface area contributed by atoms with Crippen molar-refractivity contribution in [3.63, 3.8) is 0 Å². The van der Waals surface area contributed by atoms with Crippen LogP contribution in [0.15, 0.2) is 52.9 Å². The fourth-order valence-corrected chi connectivity index (χ4v) is 3.88. The number of hydrogen-bond acceptors (Lipinski definition) is 12. The predicted molar refractivity (Wildman–Crippen MR) is 157 cm³/mol. The number of esters is 1. The number of nitrogens with one attached hydrogen (secondary N) is 1. The maximum Gasteiger partial charge on any atom is 0.354 e. The molecule has 0 aliphatic heterocycles. The maximum absolute atomic E-state index is 12.5. The summed E-state index contributed by atoms with van der Waals surface area (Å²) in [5.74, 6) is -3.49. The number of aromatic carboxylic acids is 1. The van der Waals surface area contributed by atoms with Crippen molar-refractivity contribution >= 4 is 46.4 Å². The van der Waals surface area contributed by atoms with E-state index in [1.54, 1.807) is 37.3 Å². The van der Waals surface area contributed by atoms with Crippen molar-refractivity contribution in [2.75, 3.05) is 7.11 Å². The summed E-state index contributed by atoms with van der Waals surface area (Å²) in [6, 6.07) is 11.7. The van der Waals surface area contributed by atoms with Gasteiger partial charge in [-0.05, 0) is 35.4 Å². The first kappa shape index (κ1) is 33.3. The number of amides is 3. The van der Waals surface area contributed by atoms with Gasteiger partial charge in [-0.2, -0.15) is 4.52 Å². The maximum atomic E-state index is 12.5. The Morgan fingerprint density at radius 2 is 1.73 bits per heavy atom. The molecule has 17 nitrogen and oxygen atoms in total. The van der Waals surface area contributed by atoms with Crippen LogP contribution in [0.3, 0.4) is 0 Å². The number of nitrogens with zero attached hydrogens (tertiary/aromatic N) is 5. The van der Waals surface area contributed by atoms with E-state index in [1.165, 1.54) is 19.2 Å². The molecule has 0 radical (unpaired) electrons. The van der Waals surface area contributed by atoms with Crippen LogP contribution < -0.4 is 22.5 Å². The zero-order chi connectivity index (χ0) is 32.1. The number of benzene rings is 2. The van der Waals surface area contributed by atoms with E-state index in [4.69, 9.17) is 21.6 Å². The van der Waals surface area contributed by atoms with Crippen LogP contribution in [0.2, 0.25) is 0 Å². The smallest absolute Gasteiger partial charge is 0.354 e. The van der Waals surface area contributed by atoms with Gasteiger partial charge in [0.15, 0.2) is 28.5 Å². The summed E-state index contributed by atoms with van der Waals surface area (Å²) in [6.45, 7) is 1.87. The minimum Gasteiger partial charge on any atom is -0.477 e. The number of aryl methyl sites for hydroxylation is 1. The highest BCUT2D eigenvalue weighted by molar-refractivity contribution is 6.00. The Hall–Kier alpha value is -6.23. The number of nitrogens with two attached hydrogens (primary N) is 3. The highest BCUT2D eigenvalue weighted by Crippen LogP contribution is 2.17. The molecule has 1 atom stereocenters. The van der Waals surface area contributed by atoms with Gasteiger partial charge in [-0.15, -0.1) is 5.10 Å². The van der Waals surface area contributed by atoms with Crippen LogP contribution in [-0.4, -0.2) is 66.7 Å². The van der Waals surface area contributed by atoms with Gasteiger partial charge < -0.3 is 36.8 Å². The lowest BCUT2D eigenvalue weighted by atomic mass is 10.1.